The highest BCUT2D eigenvalue weighted by atomic mass is 35.5. The van der Waals surface area contributed by atoms with Crippen LogP contribution in [0.2, 0.25) is 5.02 Å². The second kappa shape index (κ2) is 3.72. The van der Waals surface area contributed by atoms with Crippen LogP contribution in [0.25, 0.3) is 0 Å². The monoisotopic (exact) mass is 183 g/mol. The fraction of sp³-hybridized carbons (Fsp3) is 0.100. The first-order valence-corrected chi connectivity index (χ1v) is 3.94. The molecule has 1 radical (unpaired) electrons. The third kappa shape index (κ3) is 1.86. The zero-order chi connectivity index (χ0) is 9.14. The molecular weight excluding hydrogens is 175 g/mol. The third-order valence-electron chi connectivity index (χ3n) is 1.66. The molecule has 0 atom stereocenters. The number of halogens is 2. The van der Waals surface area contributed by atoms with E-state index in [-0.39, 0.29) is 5.82 Å². The summed E-state index contributed by atoms with van der Waals surface area (Å²) < 4.78 is 13.1. The van der Waals surface area contributed by atoms with Crippen molar-refractivity contribution in [3.63, 3.8) is 0 Å². The van der Waals surface area contributed by atoms with E-state index >= 15 is 0 Å². The Hall–Kier alpha value is -0.820. The maximum atomic E-state index is 13.1. The van der Waals surface area contributed by atoms with E-state index < -0.39 is 0 Å². The highest BCUT2D eigenvalue weighted by Gasteiger charge is 2.08. The summed E-state index contributed by atoms with van der Waals surface area (Å²) in [6, 6.07) is 4.47. The van der Waals surface area contributed by atoms with Crippen LogP contribution in [0.4, 0.5) is 4.39 Å². The molecule has 0 spiro atoms. The molecule has 0 heterocycles. The maximum absolute atomic E-state index is 13.1. The summed E-state index contributed by atoms with van der Waals surface area (Å²) in [5.41, 5.74) is 0.512. The minimum Gasteiger partial charge on any atom is -0.207 e. The van der Waals surface area contributed by atoms with Gasteiger partial charge in [0.05, 0.1) is 0 Å². The molecule has 0 bridgehead atoms. The van der Waals surface area contributed by atoms with E-state index in [0.29, 0.717) is 10.6 Å². The summed E-state index contributed by atoms with van der Waals surface area (Å²) in [5.74, 6) is 0.520. The summed E-state index contributed by atoms with van der Waals surface area (Å²) in [5, 5.41) is 0.535. The first-order chi connectivity index (χ1) is 5.65. The van der Waals surface area contributed by atoms with Gasteiger partial charge in [0.25, 0.3) is 0 Å². The summed E-state index contributed by atoms with van der Waals surface area (Å²) in [7, 11) is 0. The molecule has 0 amide bonds. The quantitative estimate of drug-likeness (QED) is 0.657. The molecule has 0 N–H and O–H groups in total. The lowest BCUT2D eigenvalue weighted by Crippen LogP contribution is -1.94. The van der Waals surface area contributed by atoms with Crippen LogP contribution in [0, 0.1) is 11.7 Å². The first kappa shape index (κ1) is 9.27. The van der Waals surface area contributed by atoms with Crippen LogP contribution in [-0.4, -0.2) is 0 Å². The molecule has 0 saturated carbocycles. The van der Waals surface area contributed by atoms with Gasteiger partial charge in [-0.1, -0.05) is 24.6 Å². The van der Waals surface area contributed by atoms with E-state index in [1.807, 2.05) is 0 Å². The fourth-order valence-electron chi connectivity index (χ4n) is 0.910. The molecule has 0 aliphatic carbocycles. The lowest BCUT2D eigenvalue weighted by Gasteiger charge is -2.06. The number of hydrogen-bond acceptors (Lipinski definition) is 0. The van der Waals surface area contributed by atoms with Gasteiger partial charge in [-0.25, -0.2) is 4.39 Å². The second-order valence-corrected chi connectivity index (χ2v) is 2.95. The zero-order valence-electron chi connectivity index (χ0n) is 6.77. The van der Waals surface area contributed by atoms with Crippen LogP contribution in [0.15, 0.2) is 30.9 Å². The van der Waals surface area contributed by atoms with E-state index in [1.165, 1.54) is 12.1 Å². The lowest BCUT2D eigenvalue weighted by atomic mass is 10.0. The van der Waals surface area contributed by atoms with Crippen molar-refractivity contribution < 1.29 is 4.39 Å². The van der Waals surface area contributed by atoms with Crippen LogP contribution in [0.3, 0.4) is 0 Å². The van der Waals surface area contributed by atoms with Crippen molar-refractivity contribution in [3.8, 4) is 0 Å². The van der Waals surface area contributed by atoms with E-state index in [9.17, 15) is 4.39 Å². The smallest absolute Gasteiger partial charge is 0.127 e. The standard InChI is InChI=1S/C10H9ClF/c1-3-7(2)9-6-8(11)4-5-10(9)12/h3-6H,1H2,2H3. The van der Waals surface area contributed by atoms with Crippen LogP contribution >= 0.6 is 11.6 Å². The van der Waals surface area contributed by atoms with Crippen LogP contribution < -0.4 is 0 Å². The van der Waals surface area contributed by atoms with Crippen molar-refractivity contribution in [1.29, 1.82) is 0 Å². The number of hydrogen-bond donors (Lipinski definition) is 0. The molecule has 0 saturated heterocycles. The minimum absolute atomic E-state index is 0.267. The van der Waals surface area contributed by atoms with E-state index in [2.05, 4.69) is 6.58 Å². The SMILES string of the molecule is C=C[C](C)c1cc(Cl)ccc1F. The molecule has 1 aromatic rings. The van der Waals surface area contributed by atoms with E-state index in [1.54, 1.807) is 19.1 Å². The normalized spacial score (nSPS) is 10.3. The predicted octanol–water partition coefficient (Wildman–Crippen LogP) is 3.61. The van der Waals surface area contributed by atoms with Crippen molar-refractivity contribution in [2.75, 3.05) is 0 Å². The van der Waals surface area contributed by atoms with Gasteiger partial charge in [0, 0.05) is 16.5 Å². The Kier molecular flexibility index (Phi) is 2.88. The average molecular weight is 184 g/mol. The second-order valence-electron chi connectivity index (χ2n) is 2.51. The maximum Gasteiger partial charge on any atom is 0.127 e. The molecule has 12 heavy (non-hydrogen) atoms. The number of benzene rings is 1. The van der Waals surface area contributed by atoms with Crippen LogP contribution in [0.1, 0.15) is 12.5 Å². The summed E-state index contributed by atoms with van der Waals surface area (Å²) >= 11 is 5.70. The fourth-order valence-corrected chi connectivity index (χ4v) is 1.08. The molecule has 0 nitrogen and oxygen atoms in total. The van der Waals surface area contributed by atoms with Crippen LogP contribution in [-0.2, 0) is 0 Å². The Balaban J connectivity index is 3.12. The van der Waals surface area contributed by atoms with Gasteiger partial charge < -0.3 is 0 Å². The highest BCUT2D eigenvalue weighted by molar-refractivity contribution is 6.30. The lowest BCUT2D eigenvalue weighted by molar-refractivity contribution is 0.617. The van der Waals surface area contributed by atoms with Gasteiger partial charge in [0.2, 0.25) is 0 Å². The van der Waals surface area contributed by atoms with Crippen LogP contribution in [0.5, 0.6) is 0 Å². The molecule has 1 rings (SSSR count). The Morgan fingerprint density at radius 3 is 2.83 bits per heavy atom. The van der Waals surface area contributed by atoms with Gasteiger partial charge in [-0.2, -0.15) is 0 Å². The summed E-state index contributed by atoms with van der Waals surface area (Å²) in [4.78, 5) is 0. The summed E-state index contributed by atoms with van der Waals surface area (Å²) in [6.45, 7) is 5.35. The summed E-state index contributed by atoms with van der Waals surface area (Å²) in [6.07, 6.45) is 1.61. The van der Waals surface area contributed by atoms with Gasteiger partial charge in [-0.15, -0.1) is 6.58 Å². The Morgan fingerprint density at radius 2 is 2.25 bits per heavy atom. The Labute approximate surface area is 76.7 Å². The van der Waals surface area contributed by atoms with Gasteiger partial charge >= 0.3 is 0 Å². The minimum atomic E-state index is -0.267. The molecule has 1 aromatic carbocycles. The molecule has 0 aliphatic rings. The molecular formula is C10H9ClF. The highest BCUT2D eigenvalue weighted by Crippen LogP contribution is 2.22. The van der Waals surface area contributed by atoms with Gasteiger partial charge in [0.15, 0.2) is 0 Å². The Morgan fingerprint density at radius 1 is 1.58 bits per heavy atom. The van der Waals surface area contributed by atoms with Gasteiger partial charge in [-0.05, 0) is 18.2 Å². The number of rotatable bonds is 2. The van der Waals surface area contributed by atoms with Crippen molar-refractivity contribution in [1.82, 2.24) is 0 Å². The van der Waals surface area contributed by atoms with E-state index in [0.717, 1.165) is 5.92 Å². The van der Waals surface area contributed by atoms with Crippen molar-refractivity contribution >= 4 is 11.6 Å². The van der Waals surface area contributed by atoms with E-state index in [4.69, 9.17) is 11.6 Å². The molecule has 2 heteroatoms. The Bertz CT molecular complexity index is 294. The average Bonchev–Trinajstić information content (AvgIpc) is 2.08. The first-order valence-electron chi connectivity index (χ1n) is 3.56. The van der Waals surface area contributed by atoms with Crippen molar-refractivity contribution in [3.05, 3.63) is 53.2 Å². The predicted molar refractivity (Wildman–Crippen MR) is 49.6 cm³/mol. The molecule has 0 aliphatic heterocycles. The molecule has 0 unspecified atom stereocenters. The third-order valence-corrected chi connectivity index (χ3v) is 1.89. The topological polar surface area (TPSA) is 0 Å². The van der Waals surface area contributed by atoms with Crippen molar-refractivity contribution in [2.45, 2.75) is 6.92 Å². The molecule has 0 aromatic heterocycles. The number of allylic oxidation sites excluding steroid dienone is 1. The zero-order valence-corrected chi connectivity index (χ0v) is 7.53. The van der Waals surface area contributed by atoms with Crippen molar-refractivity contribution in [2.24, 2.45) is 0 Å². The molecule has 63 valence electrons. The van der Waals surface area contributed by atoms with Gasteiger partial charge in [-0.3, -0.25) is 0 Å². The largest absolute Gasteiger partial charge is 0.207 e. The molecule has 0 fully saturated rings. The van der Waals surface area contributed by atoms with Gasteiger partial charge in [0.1, 0.15) is 5.82 Å².